The lowest BCUT2D eigenvalue weighted by molar-refractivity contribution is 0.283. The molecule has 0 spiro atoms. The third-order valence-electron chi connectivity index (χ3n) is 7.23. The molecule has 0 bridgehead atoms. The molecule has 3 rings (SSSR count). The second kappa shape index (κ2) is 16.4. The maximum atomic E-state index is 14.0. The van der Waals surface area contributed by atoms with E-state index >= 15 is 0 Å². The first-order chi connectivity index (χ1) is 17.7. The lowest BCUT2D eigenvalue weighted by Gasteiger charge is -2.22. The molecular formula is C33H46FNO. The van der Waals surface area contributed by atoms with Crippen LogP contribution < -0.4 is 4.74 Å². The Bertz CT molecular complexity index is 1020. The van der Waals surface area contributed by atoms with Crippen LogP contribution in [-0.2, 0) is 13.0 Å². The van der Waals surface area contributed by atoms with Gasteiger partial charge in [0.2, 0.25) is 0 Å². The van der Waals surface area contributed by atoms with Gasteiger partial charge in [0.1, 0.15) is 11.6 Å². The summed E-state index contributed by atoms with van der Waals surface area (Å²) in [5, 5.41) is 2.44. The Kier molecular flexibility index (Phi) is 12.8. The number of rotatable bonds is 18. The fourth-order valence-corrected chi connectivity index (χ4v) is 4.94. The van der Waals surface area contributed by atoms with E-state index in [1.54, 1.807) is 12.1 Å². The van der Waals surface area contributed by atoms with Crippen LogP contribution in [0.1, 0.15) is 89.2 Å². The van der Waals surface area contributed by atoms with Crippen molar-refractivity contribution in [1.82, 2.24) is 4.90 Å². The molecule has 3 aromatic rings. The smallest absolute Gasteiger partial charge is 0.127 e. The number of hydrogen-bond donors (Lipinski definition) is 0. The minimum Gasteiger partial charge on any atom is -0.493 e. The van der Waals surface area contributed by atoms with E-state index in [1.807, 2.05) is 12.1 Å². The molecule has 0 aliphatic carbocycles. The number of fused-ring (bicyclic) bond motifs is 1. The van der Waals surface area contributed by atoms with Crippen molar-refractivity contribution in [3.63, 3.8) is 0 Å². The highest BCUT2D eigenvalue weighted by Crippen LogP contribution is 2.30. The fraction of sp³-hybridized carbons (Fsp3) is 0.515. The molecule has 0 heterocycles. The molecule has 196 valence electrons. The number of nitrogens with zero attached hydrogens (tertiary/aromatic N) is 1. The van der Waals surface area contributed by atoms with Crippen molar-refractivity contribution in [3.8, 4) is 5.75 Å². The van der Waals surface area contributed by atoms with E-state index in [0.717, 1.165) is 50.4 Å². The minimum absolute atomic E-state index is 0.108. The molecular weight excluding hydrogens is 445 g/mol. The fourth-order valence-electron chi connectivity index (χ4n) is 4.94. The number of hydrogen-bond acceptors (Lipinski definition) is 2. The van der Waals surface area contributed by atoms with Gasteiger partial charge < -0.3 is 4.74 Å². The highest BCUT2D eigenvalue weighted by molar-refractivity contribution is 5.91. The molecule has 0 unspecified atom stereocenters. The van der Waals surface area contributed by atoms with Gasteiger partial charge >= 0.3 is 0 Å². The highest BCUT2D eigenvalue weighted by Gasteiger charge is 2.11. The van der Waals surface area contributed by atoms with Crippen molar-refractivity contribution in [2.45, 2.75) is 91.0 Å². The molecule has 0 amide bonds. The minimum atomic E-state index is -0.108. The SMILES string of the molecule is CCCCCCCCCCCCOc1ccc(CN(CC)CCc2ccccc2F)c2ccccc12. The summed E-state index contributed by atoms with van der Waals surface area (Å²) in [4.78, 5) is 2.39. The third-order valence-corrected chi connectivity index (χ3v) is 7.23. The Hall–Kier alpha value is -2.39. The summed E-state index contributed by atoms with van der Waals surface area (Å²) >= 11 is 0. The Morgan fingerprint density at radius 2 is 1.31 bits per heavy atom. The third kappa shape index (κ3) is 9.24. The number of unbranched alkanes of at least 4 members (excludes halogenated alkanes) is 9. The Balaban J connectivity index is 1.47. The Morgan fingerprint density at radius 3 is 2.00 bits per heavy atom. The van der Waals surface area contributed by atoms with Gasteiger partial charge in [-0.15, -0.1) is 0 Å². The number of likely N-dealkylation sites (N-methyl/N-ethyl adjacent to an activating group) is 1. The number of benzene rings is 3. The zero-order valence-corrected chi connectivity index (χ0v) is 22.6. The van der Waals surface area contributed by atoms with Crippen molar-refractivity contribution in [2.75, 3.05) is 19.7 Å². The van der Waals surface area contributed by atoms with Crippen LogP contribution in [0, 0.1) is 5.82 Å². The standard InChI is InChI=1S/C33H46FNO/c1-3-5-6-7-8-9-10-11-12-17-26-36-33-23-22-29(30-19-14-15-20-31(30)33)27-35(4-2)25-24-28-18-13-16-21-32(28)34/h13-16,18-23H,3-12,17,24-27H2,1-2H3. The molecule has 0 radical (unpaired) electrons. The first-order valence-corrected chi connectivity index (χ1v) is 14.3. The van der Waals surface area contributed by atoms with Crippen molar-refractivity contribution in [1.29, 1.82) is 0 Å². The topological polar surface area (TPSA) is 12.5 Å². The molecule has 0 fully saturated rings. The molecule has 3 aromatic carbocycles. The summed E-state index contributed by atoms with van der Waals surface area (Å²) in [6.07, 6.45) is 14.1. The van der Waals surface area contributed by atoms with Crippen molar-refractivity contribution in [2.24, 2.45) is 0 Å². The molecule has 36 heavy (non-hydrogen) atoms. The van der Waals surface area contributed by atoms with Crippen LogP contribution in [0.5, 0.6) is 5.75 Å². The van der Waals surface area contributed by atoms with E-state index in [4.69, 9.17) is 4.74 Å². The van der Waals surface area contributed by atoms with Gasteiger partial charge in [0, 0.05) is 18.5 Å². The maximum Gasteiger partial charge on any atom is 0.127 e. The predicted molar refractivity (Wildman–Crippen MR) is 152 cm³/mol. The average molecular weight is 492 g/mol. The molecule has 2 nitrogen and oxygen atoms in total. The molecule has 0 atom stereocenters. The van der Waals surface area contributed by atoms with Crippen molar-refractivity contribution in [3.05, 3.63) is 77.6 Å². The van der Waals surface area contributed by atoms with E-state index in [9.17, 15) is 4.39 Å². The number of halogens is 1. The lowest BCUT2D eigenvalue weighted by atomic mass is 10.0. The predicted octanol–water partition coefficient (Wildman–Crippen LogP) is 9.34. The van der Waals surface area contributed by atoms with Crippen LogP contribution in [-0.4, -0.2) is 24.6 Å². The molecule has 3 heteroatoms. The van der Waals surface area contributed by atoms with E-state index in [2.05, 4.69) is 55.1 Å². The van der Waals surface area contributed by atoms with Gasteiger partial charge in [-0.25, -0.2) is 4.39 Å². The summed E-state index contributed by atoms with van der Waals surface area (Å²) in [5.74, 6) is 0.877. The Morgan fingerprint density at radius 1 is 0.667 bits per heavy atom. The zero-order valence-electron chi connectivity index (χ0n) is 22.6. The summed E-state index contributed by atoms with van der Waals surface area (Å²) < 4.78 is 20.3. The molecule has 0 N–H and O–H groups in total. The van der Waals surface area contributed by atoms with Gasteiger partial charge in [-0.05, 0) is 48.0 Å². The summed E-state index contributed by atoms with van der Waals surface area (Å²) in [6, 6.07) is 20.0. The van der Waals surface area contributed by atoms with Gasteiger partial charge in [0.15, 0.2) is 0 Å². The summed E-state index contributed by atoms with van der Waals surface area (Å²) in [6.45, 7) is 7.85. The lowest BCUT2D eigenvalue weighted by Crippen LogP contribution is -2.25. The first-order valence-electron chi connectivity index (χ1n) is 14.3. The van der Waals surface area contributed by atoms with Gasteiger partial charge in [-0.3, -0.25) is 4.90 Å². The first kappa shape index (κ1) is 28.2. The van der Waals surface area contributed by atoms with Gasteiger partial charge in [0.25, 0.3) is 0 Å². The maximum absolute atomic E-state index is 14.0. The molecule has 0 aliphatic rings. The monoisotopic (exact) mass is 491 g/mol. The van der Waals surface area contributed by atoms with Gasteiger partial charge in [-0.1, -0.05) is 120 Å². The van der Waals surface area contributed by atoms with Crippen LogP contribution in [0.3, 0.4) is 0 Å². The summed E-state index contributed by atoms with van der Waals surface area (Å²) in [5.41, 5.74) is 2.09. The van der Waals surface area contributed by atoms with E-state index in [-0.39, 0.29) is 5.82 Å². The molecule has 0 aliphatic heterocycles. The van der Waals surface area contributed by atoms with Crippen LogP contribution >= 0.6 is 0 Å². The quantitative estimate of drug-likeness (QED) is 0.164. The normalized spacial score (nSPS) is 11.4. The van der Waals surface area contributed by atoms with Crippen LogP contribution in [0.15, 0.2) is 60.7 Å². The van der Waals surface area contributed by atoms with Crippen molar-refractivity contribution < 1.29 is 9.13 Å². The zero-order chi connectivity index (χ0) is 25.4. The van der Waals surface area contributed by atoms with E-state index < -0.39 is 0 Å². The molecule has 0 aromatic heterocycles. The van der Waals surface area contributed by atoms with Gasteiger partial charge in [-0.2, -0.15) is 0 Å². The van der Waals surface area contributed by atoms with Crippen LogP contribution in [0.25, 0.3) is 10.8 Å². The highest BCUT2D eigenvalue weighted by atomic mass is 19.1. The molecule has 0 saturated carbocycles. The second-order valence-corrected chi connectivity index (χ2v) is 10.0. The van der Waals surface area contributed by atoms with Gasteiger partial charge in [0.05, 0.1) is 6.61 Å². The number of ether oxygens (including phenoxy) is 1. The Labute approximate surface area is 218 Å². The second-order valence-electron chi connectivity index (χ2n) is 10.0. The van der Waals surface area contributed by atoms with E-state index in [1.165, 1.54) is 74.1 Å². The molecule has 0 saturated heterocycles. The van der Waals surface area contributed by atoms with Crippen LogP contribution in [0.2, 0.25) is 0 Å². The summed E-state index contributed by atoms with van der Waals surface area (Å²) in [7, 11) is 0. The largest absolute Gasteiger partial charge is 0.493 e. The van der Waals surface area contributed by atoms with E-state index in [0.29, 0.717) is 0 Å². The van der Waals surface area contributed by atoms with Crippen LogP contribution in [0.4, 0.5) is 4.39 Å². The average Bonchev–Trinajstić information content (AvgIpc) is 2.91. The van der Waals surface area contributed by atoms with Crippen molar-refractivity contribution >= 4 is 10.8 Å².